The summed E-state index contributed by atoms with van der Waals surface area (Å²) >= 11 is 1.72. The Kier molecular flexibility index (Phi) is 4.45. The van der Waals surface area contributed by atoms with Gasteiger partial charge in [0.2, 0.25) is 11.8 Å². The van der Waals surface area contributed by atoms with Crippen molar-refractivity contribution >= 4 is 39.1 Å². The second kappa shape index (κ2) is 7.38. The molecule has 4 heterocycles. The third-order valence-corrected chi connectivity index (χ3v) is 7.36. The number of carbonyl (C=O) groups is 3. The van der Waals surface area contributed by atoms with E-state index in [1.54, 1.807) is 22.6 Å². The molecule has 4 aromatic rings. The average molecular weight is 457 g/mol. The van der Waals surface area contributed by atoms with Crippen molar-refractivity contribution < 1.29 is 14.4 Å². The van der Waals surface area contributed by atoms with Crippen LogP contribution in [0.25, 0.3) is 32.6 Å². The van der Waals surface area contributed by atoms with Gasteiger partial charge in [-0.05, 0) is 53.1 Å². The molecule has 0 aliphatic carbocycles. The normalized spacial score (nSPS) is 18.2. The van der Waals surface area contributed by atoms with Crippen LogP contribution in [0.4, 0.5) is 0 Å². The molecule has 8 heteroatoms. The lowest BCUT2D eigenvalue weighted by atomic mass is 10.00. The molecule has 164 valence electrons. The van der Waals surface area contributed by atoms with Crippen molar-refractivity contribution in [3.8, 4) is 22.5 Å². The number of thiophene rings is 1. The standard InChI is InChI=1S/C25H20N4O3S/c1-28-13-26-22(23(28)16-3-6-20-14(10-16)8-9-33-20)15-2-4-18-17(11-15)12-29(25(18)32)19-5-7-21(30)27-24(19)31/h2-4,6,8-11,13,19H,5,7,12H2,1H3,(H,27,30,31)/t19-/m0/s1. The maximum atomic E-state index is 13.0. The van der Waals surface area contributed by atoms with Crippen LogP contribution in [-0.2, 0) is 23.2 Å². The monoisotopic (exact) mass is 456 g/mol. The molecule has 2 aromatic heterocycles. The maximum Gasteiger partial charge on any atom is 0.255 e. The van der Waals surface area contributed by atoms with E-state index < -0.39 is 11.9 Å². The minimum Gasteiger partial charge on any atom is -0.333 e. The minimum atomic E-state index is -0.617. The number of fused-ring (bicyclic) bond motifs is 2. The zero-order valence-electron chi connectivity index (χ0n) is 17.9. The number of rotatable bonds is 3. The van der Waals surface area contributed by atoms with Crippen molar-refractivity contribution in [3.05, 3.63) is 65.3 Å². The summed E-state index contributed by atoms with van der Waals surface area (Å²) in [7, 11) is 1.98. The number of carbonyl (C=O) groups excluding carboxylic acids is 3. The molecule has 1 fully saturated rings. The SMILES string of the molecule is Cn1cnc(-c2ccc3c(c2)CN([C@H]2CCC(=O)NC2=O)C3=O)c1-c1ccc2sccc2c1. The summed E-state index contributed by atoms with van der Waals surface area (Å²) in [5, 5.41) is 5.63. The lowest BCUT2D eigenvalue weighted by Crippen LogP contribution is -2.52. The second-order valence-corrected chi connectivity index (χ2v) is 9.45. The van der Waals surface area contributed by atoms with Crippen LogP contribution >= 0.6 is 11.3 Å². The smallest absolute Gasteiger partial charge is 0.255 e. The summed E-state index contributed by atoms with van der Waals surface area (Å²) in [6, 6.07) is 13.6. The van der Waals surface area contributed by atoms with Gasteiger partial charge in [0.05, 0.1) is 17.7 Å². The van der Waals surface area contributed by atoms with E-state index in [-0.39, 0.29) is 18.2 Å². The van der Waals surface area contributed by atoms with Crippen LogP contribution < -0.4 is 5.32 Å². The number of piperidine rings is 1. The van der Waals surface area contributed by atoms with E-state index in [1.807, 2.05) is 29.8 Å². The molecule has 0 saturated carbocycles. The predicted molar refractivity (Wildman–Crippen MR) is 126 cm³/mol. The van der Waals surface area contributed by atoms with Crippen molar-refractivity contribution in [3.63, 3.8) is 0 Å². The molecule has 1 N–H and O–H groups in total. The van der Waals surface area contributed by atoms with Crippen molar-refractivity contribution in [1.29, 1.82) is 0 Å². The molecule has 3 amide bonds. The summed E-state index contributed by atoms with van der Waals surface area (Å²) < 4.78 is 3.25. The van der Waals surface area contributed by atoms with Crippen LogP contribution in [0.5, 0.6) is 0 Å². The van der Waals surface area contributed by atoms with Gasteiger partial charge in [0, 0.05) is 41.4 Å². The number of nitrogens with one attached hydrogen (secondary N) is 1. The summed E-state index contributed by atoms with van der Waals surface area (Å²) in [4.78, 5) is 43.1. The Labute approximate surface area is 193 Å². The minimum absolute atomic E-state index is 0.171. The Balaban J connectivity index is 1.36. The fraction of sp³-hybridized carbons (Fsp3) is 0.200. The largest absolute Gasteiger partial charge is 0.333 e. The van der Waals surface area contributed by atoms with E-state index in [4.69, 9.17) is 0 Å². The number of hydrogen-bond acceptors (Lipinski definition) is 5. The maximum absolute atomic E-state index is 13.0. The van der Waals surface area contributed by atoms with E-state index in [9.17, 15) is 14.4 Å². The Morgan fingerprint density at radius 2 is 1.91 bits per heavy atom. The van der Waals surface area contributed by atoms with Crippen molar-refractivity contribution in [2.75, 3.05) is 0 Å². The molecule has 0 bridgehead atoms. The molecule has 0 unspecified atom stereocenters. The third-order valence-electron chi connectivity index (χ3n) is 6.46. The van der Waals surface area contributed by atoms with E-state index in [0.29, 0.717) is 18.5 Å². The molecule has 6 rings (SSSR count). The van der Waals surface area contributed by atoms with Gasteiger partial charge in [0.1, 0.15) is 6.04 Å². The fourth-order valence-electron chi connectivity index (χ4n) is 4.82. The number of aryl methyl sites for hydroxylation is 1. The molecular weight excluding hydrogens is 436 g/mol. The molecule has 2 aliphatic heterocycles. The topological polar surface area (TPSA) is 84.3 Å². The molecular formula is C25H20N4O3S. The van der Waals surface area contributed by atoms with Crippen LogP contribution in [0.2, 0.25) is 0 Å². The number of imide groups is 1. The quantitative estimate of drug-likeness (QED) is 0.476. The lowest BCUT2D eigenvalue weighted by Gasteiger charge is -2.29. The van der Waals surface area contributed by atoms with Gasteiger partial charge in [-0.25, -0.2) is 4.98 Å². The van der Waals surface area contributed by atoms with Crippen LogP contribution in [-0.4, -0.2) is 38.2 Å². The molecule has 1 atom stereocenters. The molecule has 7 nitrogen and oxygen atoms in total. The zero-order chi connectivity index (χ0) is 22.7. The molecule has 2 aromatic carbocycles. The van der Waals surface area contributed by atoms with Gasteiger partial charge >= 0.3 is 0 Å². The highest BCUT2D eigenvalue weighted by molar-refractivity contribution is 7.17. The van der Waals surface area contributed by atoms with E-state index in [1.165, 1.54) is 10.1 Å². The average Bonchev–Trinajstić information content (AvgIpc) is 3.50. The summed E-state index contributed by atoms with van der Waals surface area (Å²) in [5.41, 5.74) is 5.33. The Morgan fingerprint density at radius 1 is 1.06 bits per heavy atom. The second-order valence-electron chi connectivity index (χ2n) is 8.50. The van der Waals surface area contributed by atoms with Gasteiger partial charge in [-0.1, -0.05) is 12.1 Å². The van der Waals surface area contributed by atoms with E-state index in [0.717, 1.165) is 28.1 Å². The van der Waals surface area contributed by atoms with Crippen molar-refractivity contribution in [2.45, 2.75) is 25.4 Å². The number of aromatic nitrogens is 2. The van der Waals surface area contributed by atoms with Gasteiger partial charge in [0.15, 0.2) is 0 Å². The highest BCUT2D eigenvalue weighted by Crippen LogP contribution is 2.36. The zero-order valence-corrected chi connectivity index (χ0v) is 18.7. The van der Waals surface area contributed by atoms with Crippen LogP contribution in [0.3, 0.4) is 0 Å². The van der Waals surface area contributed by atoms with Gasteiger partial charge in [-0.15, -0.1) is 11.3 Å². The van der Waals surface area contributed by atoms with Crippen molar-refractivity contribution in [2.24, 2.45) is 7.05 Å². The first-order valence-corrected chi connectivity index (χ1v) is 11.6. The van der Waals surface area contributed by atoms with Gasteiger partial charge < -0.3 is 9.47 Å². The molecule has 0 radical (unpaired) electrons. The number of imidazole rings is 1. The molecule has 2 aliphatic rings. The number of amides is 3. The first kappa shape index (κ1) is 19.9. The van der Waals surface area contributed by atoms with Crippen molar-refractivity contribution in [1.82, 2.24) is 19.8 Å². The Hall–Kier alpha value is -3.78. The first-order chi connectivity index (χ1) is 16.0. The van der Waals surface area contributed by atoms with Gasteiger partial charge in [-0.2, -0.15) is 0 Å². The number of benzene rings is 2. The van der Waals surface area contributed by atoms with Crippen LogP contribution in [0, 0.1) is 0 Å². The summed E-state index contributed by atoms with van der Waals surface area (Å²) in [6.45, 7) is 0.345. The highest BCUT2D eigenvalue weighted by atomic mass is 32.1. The predicted octanol–water partition coefficient (Wildman–Crippen LogP) is 3.73. The summed E-state index contributed by atoms with van der Waals surface area (Å²) in [5.74, 6) is -0.857. The lowest BCUT2D eigenvalue weighted by molar-refractivity contribution is -0.136. The molecule has 1 saturated heterocycles. The number of nitrogens with zero attached hydrogens (tertiary/aromatic N) is 3. The number of hydrogen-bond donors (Lipinski definition) is 1. The van der Waals surface area contributed by atoms with Gasteiger partial charge in [-0.3, -0.25) is 19.7 Å². The summed E-state index contributed by atoms with van der Waals surface area (Å²) in [6.07, 6.45) is 2.40. The molecule has 33 heavy (non-hydrogen) atoms. The van der Waals surface area contributed by atoms with Gasteiger partial charge in [0.25, 0.3) is 5.91 Å². The highest BCUT2D eigenvalue weighted by Gasteiger charge is 2.39. The van der Waals surface area contributed by atoms with Crippen LogP contribution in [0.15, 0.2) is 54.2 Å². The molecule has 0 spiro atoms. The fourth-order valence-corrected chi connectivity index (χ4v) is 5.59. The van der Waals surface area contributed by atoms with Crippen LogP contribution in [0.1, 0.15) is 28.8 Å². The first-order valence-electron chi connectivity index (χ1n) is 10.8. The third kappa shape index (κ3) is 3.17. The van der Waals surface area contributed by atoms with E-state index >= 15 is 0 Å². The Bertz CT molecular complexity index is 1470. The van der Waals surface area contributed by atoms with E-state index in [2.05, 4.69) is 39.9 Å². The Morgan fingerprint density at radius 3 is 2.76 bits per heavy atom.